The Morgan fingerprint density at radius 2 is 1.50 bits per heavy atom. The Morgan fingerprint density at radius 3 is 2.14 bits per heavy atom. The molecule has 1 aromatic heterocycles. The molecule has 0 aliphatic carbocycles. The number of benzene rings is 2. The highest BCUT2D eigenvalue weighted by molar-refractivity contribution is 5.87. The van der Waals surface area contributed by atoms with E-state index in [4.69, 9.17) is 24.2 Å². The van der Waals surface area contributed by atoms with Crippen LogP contribution in [0.4, 0.5) is 0 Å². The Kier molecular flexibility index (Phi) is 5.88. The van der Waals surface area contributed by atoms with E-state index >= 15 is 0 Å². The van der Waals surface area contributed by atoms with Crippen LogP contribution in [0.15, 0.2) is 36.4 Å². The summed E-state index contributed by atoms with van der Waals surface area (Å²) in [5.74, 6) is 2.13. The fraction of sp³-hybridized carbons (Fsp3) is 0.455. The summed E-state index contributed by atoms with van der Waals surface area (Å²) >= 11 is 0. The van der Waals surface area contributed by atoms with Crippen molar-refractivity contribution in [3.05, 3.63) is 36.4 Å². The number of morpholine rings is 1. The zero-order valence-corrected chi connectivity index (χ0v) is 16.6. The largest absolute Gasteiger partial charge is 0.493 e. The molecule has 1 aliphatic heterocycles. The molecule has 0 atom stereocenters. The van der Waals surface area contributed by atoms with Crippen LogP contribution in [-0.4, -0.2) is 60.9 Å². The lowest BCUT2D eigenvalue weighted by Gasteiger charge is -2.26. The molecule has 1 aliphatic rings. The molecule has 28 heavy (non-hydrogen) atoms. The minimum absolute atomic E-state index is 0.482. The minimum Gasteiger partial charge on any atom is -0.493 e. The van der Waals surface area contributed by atoms with Crippen LogP contribution in [0, 0.1) is 5.92 Å². The van der Waals surface area contributed by atoms with Gasteiger partial charge in [0.1, 0.15) is 18.1 Å². The van der Waals surface area contributed by atoms with Crippen LogP contribution in [0.3, 0.4) is 0 Å². The summed E-state index contributed by atoms with van der Waals surface area (Å²) in [6.45, 7) is 10.1. The summed E-state index contributed by atoms with van der Waals surface area (Å²) in [6, 6.07) is 11.8. The number of fused-ring (bicyclic) bond motifs is 2. The van der Waals surface area contributed by atoms with E-state index in [0.717, 1.165) is 66.4 Å². The van der Waals surface area contributed by atoms with E-state index in [1.54, 1.807) is 0 Å². The van der Waals surface area contributed by atoms with Gasteiger partial charge in [0.2, 0.25) is 0 Å². The Morgan fingerprint density at radius 1 is 0.893 bits per heavy atom. The number of aromatic nitrogens is 2. The minimum atomic E-state index is 0.482. The van der Waals surface area contributed by atoms with E-state index in [1.807, 2.05) is 36.4 Å². The van der Waals surface area contributed by atoms with Gasteiger partial charge in [-0.1, -0.05) is 13.8 Å². The molecule has 2 aromatic carbocycles. The van der Waals surface area contributed by atoms with Crippen molar-refractivity contribution < 1.29 is 14.2 Å². The molecule has 0 spiro atoms. The zero-order chi connectivity index (χ0) is 19.3. The van der Waals surface area contributed by atoms with Gasteiger partial charge in [-0.05, 0) is 30.2 Å². The van der Waals surface area contributed by atoms with Crippen molar-refractivity contribution in [1.82, 2.24) is 14.9 Å². The molecular formula is C22H27N3O3. The van der Waals surface area contributed by atoms with Crippen molar-refractivity contribution in [3.63, 3.8) is 0 Å². The molecule has 0 radical (unpaired) electrons. The zero-order valence-electron chi connectivity index (χ0n) is 16.6. The number of hydrogen-bond acceptors (Lipinski definition) is 6. The third-order valence-electron chi connectivity index (χ3n) is 4.74. The highest BCUT2D eigenvalue weighted by atomic mass is 16.5. The molecule has 0 unspecified atom stereocenters. The second-order valence-electron chi connectivity index (χ2n) is 7.53. The van der Waals surface area contributed by atoms with E-state index in [-0.39, 0.29) is 0 Å². The van der Waals surface area contributed by atoms with Crippen molar-refractivity contribution in [2.24, 2.45) is 5.92 Å². The summed E-state index contributed by atoms with van der Waals surface area (Å²) in [7, 11) is 0. The first-order valence-corrected chi connectivity index (χ1v) is 9.95. The molecular weight excluding hydrogens is 354 g/mol. The first-order chi connectivity index (χ1) is 13.7. The number of ether oxygens (including phenoxy) is 3. The SMILES string of the molecule is CC(C)COc1ccc2nc3ccc(OCCN4CCOCC4)cc3nc2c1. The van der Waals surface area contributed by atoms with Gasteiger partial charge in [-0.3, -0.25) is 4.90 Å². The average Bonchev–Trinajstić information content (AvgIpc) is 2.71. The van der Waals surface area contributed by atoms with E-state index < -0.39 is 0 Å². The molecule has 3 aromatic rings. The third kappa shape index (κ3) is 4.69. The maximum Gasteiger partial charge on any atom is 0.121 e. The normalized spacial score (nSPS) is 15.4. The van der Waals surface area contributed by atoms with Crippen LogP contribution in [0.2, 0.25) is 0 Å². The molecule has 148 valence electrons. The van der Waals surface area contributed by atoms with E-state index in [9.17, 15) is 0 Å². The lowest BCUT2D eigenvalue weighted by Crippen LogP contribution is -2.38. The van der Waals surface area contributed by atoms with Crippen molar-refractivity contribution >= 4 is 22.1 Å². The van der Waals surface area contributed by atoms with Crippen molar-refractivity contribution in [2.75, 3.05) is 46.1 Å². The van der Waals surface area contributed by atoms with Crippen LogP contribution in [0.1, 0.15) is 13.8 Å². The maximum absolute atomic E-state index is 5.94. The fourth-order valence-corrected chi connectivity index (χ4v) is 3.19. The third-order valence-corrected chi connectivity index (χ3v) is 4.74. The second-order valence-corrected chi connectivity index (χ2v) is 7.53. The predicted molar refractivity (Wildman–Crippen MR) is 110 cm³/mol. The number of rotatable bonds is 7. The smallest absolute Gasteiger partial charge is 0.121 e. The first kappa shape index (κ1) is 18.9. The lowest BCUT2D eigenvalue weighted by molar-refractivity contribution is 0.0322. The molecule has 2 heterocycles. The van der Waals surface area contributed by atoms with Gasteiger partial charge in [-0.15, -0.1) is 0 Å². The van der Waals surface area contributed by atoms with E-state index in [0.29, 0.717) is 19.1 Å². The van der Waals surface area contributed by atoms with Gasteiger partial charge < -0.3 is 14.2 Å². The van der Waals surface area contributed by atoms with Gasteiger partial charge in [0.15, 0.2) is 0 Å². The topological polar surface area (TPSA) is 56.7 Å². The van der Waals surface area contributed by atoms with Crippen LogP contribution in [0.25, 0.3) is 22.1 Å². The predicted octanol–water partition coefficient (Wildman–Crippen LogP) is 3.53. The van der Waals surface area contributed by atoms with Crippen LogP contribution in [-0.2, 0) is 4.74 Å². The fourth-order valence-electron chi connectivity index (χ4n) is 3.19. The highest BCUT2D eigenvalue weighted by Gasteiger charge is 2.10. The number of hydrogen-bond donors (Lipinski definition) is 0. The van der Waals surface area contributed by atoms with Gasteiger partial charge in [0.05, 0.1) is 41.9 Å². The standard InChI is InChI=1S/C22H27N3O3/c1-16(2)15-28-18-4-6-20-22(14-18)24-21-13-17(3-5-19(21)23-20)27-12-9-25-7-10-26-11-8-25/h3-6,13-14,16H,7-12,15H2,1-2H3. The Balaban J connectivity index is 1.47. The van der Waals surface area contributed by atoms with Crippen LogP contribution >= 0.6 is 0 Å². The maximum atomic E-state index is 5.94. The van der Waals surface area contributed by atoms with Gasteiger partial charge >= 0.3 is 0 Å². The first-order valence-electron chi connectivity index (χ1n) is 9.95. The summed E-state index contributed by atoms with van der Waals surface area (Å²) in [5, 5.41) is 0. The molecule has 1 fully saturated rings. The molecule has 0 bridgehead atoms. The monoisotopic (exact) mass is 381 g/mol. The quantitative estimate of drug-likeness (QED) is 0.584. The molecule has 0 saturated carbocycles. The number of nitrogens with zero attached hydrogens (tertiary/aromatic N) is 3. The van der Waals surface area contributed by atoms with Gasteiger partial charge in [-0.25, -0.2) is 9.97 Å². The van der Waals surface area contributed by atoms with Gasteiger partial charge in [0.25, 0.3) is 0 Å². The highest BCUT2D eigenvalue weighted by Crippen LogP contribution is 2.24. The second kappa shape index (κ2) is 8.71. The van der Waals surface area contributed by atoms with Crippen molar-refractivity contribution in [2.45, 2.75) is 13.8 Å². The van der Waals surface area contributed by atoms with E-state index in [1.165, 1.54) is 0 Å². The van der Waals surface area contributed by atoms with Crippen molar-refractivity contribution in [1.29, 1.82) is 0 Å². The summed E-state index contributed by atoms with van der Waals surface area (Å²) in [4.78, 5) is 11.8. The van der Waals surface area contributed by atoms with Crippen LogP contribution in [0.5, 0.6) is 11.5 Å². The molecule has 6 heteroatoms. The van der Waals surface area contributed by atoms with Crippen LogP contribution < -0.4 is 9.47 Å². The Labute approximate surface area is 165 Å². The summed E-state index contributed by atoms with van der Waals surface area (Å²) < 4.78 is 17.1. The molecule has 1 saturated heterocycles. The Bertz CT molecular complexity index is 939. The lowest BCUT2D eigenvalue weighted by atomic mass is 10.2. The molecule has 0 amide bonds. The van der Waals surface area contributed by atoms with E-state index in [2.05, 4.69) is 18.7 Å². The van der Waals surface area contributed by atoms with Gasteiger partial charge in [0, 0.05) is 31.8 Å². The van der Waals surface area contributed by atoms with Gasteiger partial charge in [-0.2, -0.15) is 0 Å². The summed E-state index contributed by atoms with van der Waals surface area (Å²) in [5.41, 5.74) is 3.39. The molecule has 4 rings (SSSR count). The molecule has 0 N–H and O–H groups in total. The summed E-state index contributed by atoms with van der Waals surface area (Å²) in [6.07, 6.45) is 0. The Hall–Kier alpha value is -2.44. The van der Waals surface area contributed by atoms with Crippen molar-refractivity contribution in [3.8, 4) is 11.5 Å². The average molecular weight is 381 g/mol. The molecule has 6 nitrogen and oxygen atoms in total.